The Morgan fingerprint density at radius 1 is 1.30 bits per heavy atom. The van der Waals surface area contributed by atoms with Gasteiger partial charge >= 0.3 is 0 Å². The standard InChI is InChI=1S/C17H27N5.HI/c1-5-18-17(20-13(2)3)19-11-8-12-22-14(4)21-15-9-6-7-10-16(15)22;/h6-7,9-10,13H,5,8,11-12H2,1-4H3,(H2,18,19,20);1H. The number of aryl methyl sites for hydroxylation is 2. The third kappa shape index (κ3) is 5.67. The maximum absolute atomic E-state index is 4.62. The molecule has 23 heavy (non-hydrogen) atoms. The van der Waals surface area contributed by atoms with Crippen molar-refractivity contribution in [3.8, 4) is 0 Å². The highest BCUT2D eigenvalue weighted by Crippen LogP contribution is 2.15. The van der Waals surface area contributed by atoms with Gasteiger partial charge in [-0.15, -0.1) is 24.0 Å². The summed E-state index contributed by atoms with van der Waals surface area (Å²) in [4.78, 5) is 9.22. The van der Waals surface area contributed by atoms with Crippen molar-refractivity contribution in [3.05, 3.63) is 30.1 Å². The summed E-state index contributed by atoms with van der Waals surface area (Å²) >= 11 is 0. The number of guanidine groups is 1. The lowest BCUT2D eigenvalue weighted by Gasteiger charge is -2.14. The summed E-state index contributed by atoms with van der Waals surface area (Å²) in [6.07, 6.45) is 0.996. The number of hydrogen-bond donors (Lipinski definition) is 2. The number of para-hydroxylation sites is 2. The van der Waals surface area contributed by atoms with Crippen molar-refractivity contribution in [2.45, 2.75) is 46.7 Å². The van der Waals surface area contributed by atoms with Gasteiger partial charge in [-0.05, 0) is 46.2 Å². The first-order valence-corrected chi connectivity index (χ1v) is 8.08. The molecular formula is C17H28IN5. The van der Waals surface area contributed by atoms with Crippen molar-refractivity contribution in [2.24, 2.45) is 4.99 Å². The maximum Gasteiger partial charge on any atom is 0.191 e. The Hall–Kier alpha value is -1.31. The molecule has 1 aromatic heterocycles. The topological polar surface area (TPSA) is 54.2 Å². The van der Waals surface area contributed by atoms with E-state index in [1.54, 1.807) is 0 Å². The fourth-order valence-electron chi connectivity index (χ4n) is 2.49. The van der Waals surface area contributed by atoms with Gasteiger partial charge in [0.2, 0.25) is 0 Å². The zero-order chi connectivity index (χ0) is 15.9. The fourth-order valence-corrected chi connectivity index (χ4v) is 2.49. The highest BCUT2D eigenvalue weighted by Gasteiger charge is 2.06. The average molecular weight is 429 g/mol. The minimum Gasteiger partial charge on any atom is -0.357 e. The van der Waals surface area contributed by atoms with Crippen LogP contribution >= 0.6 is 24.0 Å². The van der Waals surface area contributed by atoms with Gasteiger partial charge in [0.1, 0.15) is 5.82 Å². The van der Waals surface area contributed by atoms with E-state index in [1.807, 2.05) is 6.07 Å². The molecule has 1 heterocycles. The highest BCUT2D eigenvalue weighted by molar-refractivity contribution is 14.0. The Labute approximate surface area is 156 Å². The van der Waals surface area contributed by atoms with Gasteiger partial charge in [-0.3, -0.25) is 4.99 Å². The van der Waals surface area contributed by atoms with E-state index in [2.05, 4.69) is 71.1 Å². The zero-order valence-corrected chi connectivity index (χ0v) is 16.8. The van der Waals surface area contributed by atoms with E-state index >= 15 is 0 Å². The number of imidazole rings is 1. The predicted octanol–water partition coefficient (Wildman–Crippen LogP) is 3.32. The Kier molecular flexibility index (Phi) is 8.36. The van der Waals surface area contributed by atoms with Crippen molar-refractivity contribution < 1.29 is 0 Å². The molecule has 0 spiro atoms. The van der Waals surface area contributed by atoms with E-state index in [1.165, 1.54) is 5.52 Å². The van der Waals surface area contributed by atoms with E-state index in [-0.39, 0.29) is 24.0 Å². The first-order valence-electron chi connectivity index (χ1n) is 8.08. The molecule has 128 valence electrons. The number of halogens is 1. The van der Waals surface area contributed by atoms with Crippen molar-refractivity contribution in [1.29, 1.82) is 0 Å². The predicted molar refractivity (Wildman–Crippen MR) is 109 cm³/mol. The van der Waals surface area contributed by atoms with Crippen LogP contribution in [0.25, 0.3) is 11.0 Å². The summed E-state index contributed by atoms with van der Waals surface area (Å²) in [6, 6.07) is 8.67. The smallest absolute Gasteiger partial charge is 0.191 e. The van der Waals surface area contributed by atoms with Crippen LogP contribution in [0, 0.1) is 6.92 Å². The van der Waals surface area contributed by atoms with Gasteiger partial charge in [-0.2, -0.15) is 0 Å². The van der Waals surface area contributed by atoms with Gasteiger partial charge in [0.05, 0.1) is 11.0 Å². The summed E-state index contributed by atoms with van der Waals surface area (Å²) in [5, 5.41) is 6.60. The highest BCUT2D eigenvalue weighted by atomic mass is 127. The Morgan fingerprint density at radius 2 is 2.04 bits per heavy atom. The zero-order valence-electron chi connectivity index (χ0n) is 14.5. The largest absolute Gasteiger partial charge is 0.357 e. The molecule has 0 unspecified atom stereocenters. The maximum atomic E-state index is 4.62. The van der Waals surface area contributed by atoms with Gasteiger partial charge in [-0.1, -0.05) is 12.1 Å². The van der Waals surface area contributed by atoms with Crippen LogP contribution < -0.4 is 10.6 Å². The number of nitrogens with zero attached hydrogens (tertiary/aromatic N) is 3. The molecule has 2 aromatic rings. The second-order valence-corrected chi connectivity index (χ2v) is 5.71. The van der Waals surface area contributed by atoms with Crippen molar-refractivity contribution in [2.75, 3.05) is 13.1 Å². The summed E-state index contributed by atoms with van der Waals surface area (Å²) in [7, 11) is 0. The number of fused-ring (bicyclic) bond motifs is 1. The normalized spacial score (nSPS) is 11.6. The number of aliphatic imine (C=N–C) groups is 1. The van der Waals surface area contributed by atoms with Crippen LogP contribution in [0.5, 0.6) is 0 Å². The summed E-state index contributed by atoms with van der Waals surface area (Å²) < 4.78 is 2.27. The second kappa shape index (κ2) is 9.75. The van der Waals surface area contributed by atoms with Gasteiger partial charge in [0.25, 0.3) is 0 Å². The van der Waals surface area contributed by atoms with Crippen molar-refractivity contribution in [3.63, 3.8) is 0 Å². The van der Waals surface area contributed by atoms with Crippen LogP contribution in [0.15, 0.2) is 29.3 Å². The Bertz CT molecular complexity index is 633. The molecule has 0 aliphatic rings. The summed E-state index contributed by atoms with van der Waals surface area (Å²) in [6.45, 7) is 11.0. The molecular weight excluding hydrogens is 401 g/mol. The van der Waals surface area contributed by atoms with E-state index in [0.717, 1.165) is 43.4 Å². The molecule has 2 N–H and O–H groups in total. The van der Waals surface area contributed by atoms with Crippen LogP contribution in [0.4, 0.5) is 0 Å². The Morgan fingerprint density at radius 3 is 2.74 bits per heavy atom. The molecule has 2 rings (SSSR count). The van der Waals surface area contributed by atoms with Gasteiger partial charge in [-0.25, -0.2) is 4.98 Å². The molecule has 0 bridgehead atoms. The number of hydrogen-bond acceptors (Lipinski definition) is 2. The third-order valence-corrected chi connectivity index (χ3v) is 3.42. The number of nitrogens with one attached hydrogen (secondary N) is 2. The molecule has 0 radical (unpaired) electrons. The molecule has 5 nitrogen and oxygen atoms in total. The van der Waals surface area contributed by atoms with Crippen LogP contribution in [-0.4, -0.2) is 34.6 Å². The molecule has 0 atom stereocenters. The molecule has 1 aromatic carbocycles. The molecule has 0 aliphatic carbocycles. The SMILES string of the molecule is CCNC(=NCCCn1c(C)nc2ccccc21)NC(C)C.I. The van der Waals surface area contributed by atoms with E-state index in [0.29, 0.717) is 6.04 Å². The monoisotopic (exact) mass is 429 g/mol. The Balaban J connectivity index is 0.00000264. The lowest BCUT2D eigenvalue weighted by Crippen LogP contribution is -2.41. The minimum atomic E-state index is 0. The second-order valence-electron chi connectivity index (χ2n) is 5.71. The quantitative estimate of drug-likeness (QED) is 0.321. The third-order valence-electron chi connectivity index (χ3n) is 3.42. The first kappa shape index (κ1) is 19.7. The molecule has 0 saturated carbocycles. The number of rotatable bonds is 6. The van der Waals surface area contributed by atoms with E-state index in [9.17, 15) is 0 Å². The van der Waals surface area contributed by atoms with Crippen LogP contribution in [0.2, 0.25) is 0 Å². The van der Waals surface area contributed by atoms with Crippen LogP contribution in [-0.2, 0) is 6.54 Å². The minimum absolute atomic E-state index is 0. The molecule has 0 fully saturated rings. The summed E-state index contributed by atoms with van der Waals surface area (Å²) in [5.41, 5.74) is 2.27. The van der Waals surface area contributed by atoms with Crippen molar-refractivity contribution in [1.82, 2.24) is 20.2 Å². The van der Waals surface area contributed by atoms with E-state index in [4.69, 9.17) is 0 Å². The molecule has 0 aliphatic heterocycles. The number of benzene rings is 1. The van der Waals surface area contributed by atoms with Gasteiger partial charge in [0, 0.05) is 25.7 Å². The van der Waals surface area contributed by atoms with Crippen molar-refractivity contribution >= 4 is 41.0 Å². The lowest BCUT2D eigenvalue weighted by atomic mass is 10.3. The van der Waals surface area contributed by atoms with E-state index < -0.39 is 0 Å². The summed E-state index contributed by atoms with van der Waals surface area (Å²) in [5.74, 6) is 1.96. The lowest BCUT2D eigenvalue weighted by molar-refractivity contribution is 0.641. The molecule has 0 saturated heterocycles. The molecule has 0 amide bonds. The van der Waals surface area contributed by atoms with Gasteiger partial charge in [0.15, 0.2) is 5.96 Å². The van der Waals surface area contributed by atoms with Crippen LogP contribution in [0.1, 0.15) is 33.0 Å². The van der Waals surface area contributed by atoms with Crippen LogP contribution in [0.3, 0.4) is 0 Å². The molecule has 6 heteroatoms. The average Bonchev–Trinajstić information content (AvgIpc) is 2.79. The van der Waals surface area contributed by atoms with Gasteiger partial charge < -0.3 is 15.2 Å². The first-order chi connectivity index (χ1) is 10.6. The fraction of sp³-hybridized carbons (Fsp3) is 0.529. The number of aromatic nitrogens is 2.